The molecule has 0 aliphatic carbocycles. The summed E-state index contributed by atoms with van der Waals surface area (Å²) >= 11 is 3.11. The summed E-state index contributed by atoms with van der Waals surface area (Å²) in [5.74, 6) is -0.637. The molecule has 0 unspecified atom stereocenters. The maximum Gasteiger partial charge on any atom is 0.217 e. The van der Waals surface area contributed by atoms with E-state index < -0.39 is 11.9 Å². The Morgan fingerprint density at radius 2 is 2.36 bits per heavy atom. The summed E-state index contributed by atoms with van der Waals surface area (Å²) in [6, 6.07) is 0.904. The quantitative estimate of drug-likeness (QED) is 0.886. The number of nitrogens with one attached hydrogen (secondary N) is 1. The van der Waals surface area contributed by atoms with E-state index in [2.05, 4.69) is 26.2 Å². The van der Waals surface area contributed by atoms with Crippen LogP contribution < -0.4 is 5.32 Å². The normalized spacial score (nSPS) is 12.3. The van der Waals surface area contributed by atoms with Gasteiger partial charge < -0.3 is 5.32 Å². The minimum absolute atomic E-state index is 0.207. The highest BCUT2D eigenvalue weighted by Gasteiger charge is 2.13. The molecule has 76 valence electrons. The zero-order chi connectivity index (χ0) is 10.7. The first kappa shape index (κ1) is 11.1. The Balaban J connectivity index is 2.90. The third kappa shape index (κ3) is 2.77. The second-order valence-electron chi connectivity index (χ2n) is 2.94. The summed E-state index contributed by atoms with van der Waals surface area (Å²) in [6.07, 6.45) is 1.50. The number of hydrogen-bond acceptors (Lipinski definition) is 2. The molecule has 0 saturated heterocycles. The number of amides is 1. The number of halogens is 2. The van der Waals surface area contributed by atoms with Crippen LogP contribution in [0.3, 0.4) is 0 Å². The average Bonchev–Trinajstić information content (AvgIpc) is 2.01. The first-order chi connectivity index (χ1) is 6.50. The molecule has 1 aromatic heterocycles. The molecule has 0 aliphatic heterocycles. The van der Waals surface area contributed by atoms with Crippen molar-refractivity contribution in [2.24, 2.45) is 0 Å². The van der Waals surface area contributed by atoms with Gasteiger partial charge >= 0.3 is 0 Å². The zero-order valence-electron chi connectivity index (χ0n) is 7.84. The van der Waals surface area contributed by atoms with Crippen LogP contribution in [-0.4, -0.2) is 10.9 Å². The highest BCUT2D eigenvalue weighted by Crippen LogP contribution is 2.17. The van der Waals surface area contributed by atoms with Crippen molar-refractivity contribution in [1.82, 2.24) is 10.3 Å². The molecule has 1 rings (SSSR count). The van der Waals surface area contributed by atoms with Crippen molar-refractivity contribution in [2.75, 3.05) is 0 Å². The summed E-state index contributed by atoms with van der Waals surface area (Å²) in [7, 11) is 0. The standard InChI is InChI=1S/C9H10BrFN2O/c1-5(13-6(2)14)9-8(11)3-7(10)4-12-9/h3-5H,1-2H3,(H,13,14)/t5-/m1/s1. The first-order valence-electron chi connectivity index (χ1n) is 4.08. The van der Waals surface area contributed by atoms with Crippen molar-refractivity contribution in [1.29, 1.82) is 0 Å². The van der Waals surface area contributed by atoms with Gasteiger partial charge in [0.25, 0.3) is 0 Å². The minimum atomic E-state index is -0.430. The van der Waals surface area contributed by atoms with Gasteiger partial charge in [-0.05, 0) is 28.9 Å². The molecule has 1 heterocycles. The van der Waals surface area contributed by atoms with Gasteiger partial charge in [0.05, 0.1) is 11.7 Å². The zero-order valence-corrected chi connectivity index (χ0v) is 9.43. The van der Waals surface area contributed by atoms with Crippen molar-refractivity contribution >= 4 is 21.8 Å². The van der Waals surface area contributed by atoms with Crippen LogP contribution in [0.15, 0.2) is 16.7 Å². The van der Waals surface area contributed by atoms with Gasteiger partial charge in [-0.3, -0.25) is 9.78 Å². The molecule has 0 saturated carbocycles. The van der Waals surface area contributed by atoms with E-state index in [0.29, 0.717) is 4.47 Å². The Hall–Kier alpha value is -0.970. The number of pyridine rings is 1. The van der Waals surface area contributed by atoms with E-state index in [1.807, 2.05) is 0 Å². The molecule has 0 spiro atoms. The second-order valence-corrected chi connectivity index (χ2v) is 3.86. The molecule has 1 atom stereocenters. The highest BCUT2D eigenvalue weighted by atomic mass is 79.9. The van der Waals surface area contributed by atoms with E-state index in [4.69, 9.17) is 0 Å². The smallest absolute Gasteiger partial charge is 0.217 e. The van der Waals surface area contributed by atoms with E-state index in [1.165, 1.54) is 19.2 Å². The van der Waals surface area contributed by atoms with Crippen molar-refractivity contribution in [3.05, 3.63) is 28.2 Å². The lowest BCUT2D eigenvalue weighted by atomic mass is 10.2. The largest absolute Gasteiger partial charge is 0.348 e. The van der Waals surface area contributed by atoms with Gasteiger partial charge in [0.2, 0.25) is 5.91 Å². The fourth-order valence-electron chi connectivity index (χ4n) is 1.12. The summed E-state index contributed by atoms with van der Waals surface area (Å²) in [5.41, 5.74) is 0.239. The molecule has 0 fully saturated rings. The Bertz CT molecular complexity index is 357. The van der Waals surface area contributed by atoms with Crippen LogP contribution >= 0.6 is 15.9 Å². The number of hydrogen-bond donors (Lipinski definition) is 1. The highest BCUT2D eigenvalue weighted by molar-refractivity contribution is 9.10. The van der Waals surface area contributed by atoms with Crippen LogP contribution in [0.5, 0.6) is 0 Å². The summed E-state index contributed by atoms with van der Waals surface area (Å²) in [6.45, 7) is 3.06. The predicted molar refractivity (Wildman–Crippen MR) is 54.1 cm³/mol. The number of aromatic nitrogens is 1. The van der Waals surface area contributed by atoms with E-state index in [-0.39, 0.29) is 11.6 Å². The molecule has 0 aromatic carbocycles. The van der Waals surface area contributed by atoms with Crippen molar-refractivity contribution in [3.63, 3.8) is 0 Å². The van der Waals surface area contributed by atoms with Crippen molar-refractivity contribution in [3.8, 4) is 0 Å². The predicted octanol–water partition coefficient (Wildman–Crippen LogP) is 2.18. The number of carbonyl (C=O) groups excluding carboxylic acids is 1. The average molecular weight is 261 g/mol. The summed E-state index contributed by atoms with van der Waals surface area (Å²) in [4.78, 5) is 14.6. The topological polar surface area (TPSA) is 42.0 Å². The fraction of sp³-hybridized carbons (Fsp3) is 0.333. The minimum Gasteiger partial charge on any atom is -0.348 e. The van der Waals surface area contributed by atoms with Gasteiger partial charge in [0, 0.05) is 17.6 Å². The molecule has 14 heavy (non-hydrogen) atoms. The molecule has 0 aliphatic rings. The SMILES string of the molecule is CC(=O)N[C@H](C)c1ncc(Br)cc1F. The molecule has 1 aromatic rings. The van der Waals surface area contributed by atoms with Crippen LogP contribution in [0, 0.1) is 5.82 Å². The molecular formula is C9H10BrFN2O. The summed E-state index contributed by atoms with van der Waals surface area (Å²) < 4.78 is 13.9. The number of carbonyl (C=O) groups is 1. The molecule has 3 nitrogen and oxygen atoms in total. The molecule has 5 heteroatoms. The third-order valence-corrected chi connectivity index (χ3v) is 2.10. The molecule has 0 radical (unpaired) electrons. The Labute approximate surface area is 89.9 Å². The van der Waals surface area contributed by atoms with Crippen LogP contribution in [0.25, 0.3) is 0 Å². The molecule has 1 N–H and O–H groups in total. The van der Waals surface area contributed by atoms with Gasteiger partial charge in [-0.1, -0.05) is 0 Å². The Morgan fingerprint density at radius 1 is 1.71 bits per heavy atom. The number of rotatable bonds is 2. The summed E-state index contributed by atoms with van der Waals surface area (Å²) in [5, 5.41) is 2.56. The van der Waals surface area contributed by atoms with Gasteiger partial charge in [-0.15, -0.1) is 0 Å². The van der Waals surface area contributed by atoms with Gasteiger partial charge in [-0.25, -0.2) is 4.39 Å². The lowest BCUT2D eigenvalue weighted by Crippen LogP contribution is -2.25. The van der Waals surface area contributed by atoms with E-state index in [0.717, 1.165) is 0 Å². The monoisotopic (exact) mass is 260 g/mol. The van der Waals surface area contributed by atoms with E-state index in [1.54, 1.807) is 6.92 Å². The Morgan fingerprint density at radius 3 is 2.86 bits per heavy atom. The first-order valence-corrected chi connectivity index (χ1v) is 4.88. The van der Waals surface area contributed by atoms with Gasteiger partial charge in [-0.2, -0.15) is 0 Å². The second kappa shape index (κ2) is 4.50. The fourth-order valence-corrected chi connectivity index (χ4v) is 1.42. The van der Waals surface area contributed by atoms with Crippen LogP contribution in [-0.2, 0) is 4.79 Å². The molecule has 0 bridgehead atoms. The lowest BCUT2D eigenvalue weighted by Gasteiger charge is -2.12. The number of nitrogens with zero attached hydrogens (tertiary/aromatic N) is 1. The Kier molecular flexibility index (Phi) is 3.57. The van der Waals surface area contributed by atoms with Crippen molar-refractivity contribution < 1.29 is 9.18 Å². The maximum atomic E-state index is 13.3. The van der Waals surface area contributed by atoms with Gasteiger partial charge in [0.15, 0.2) is 0 Å². The third-order valence-electron chi connectivity index (χ3n) is 1.67. The van der Waals surface area contributed by atoms with Crippen molar-refractivity contribution in [2.45, 2.75) is 19.9 Å². The van der Waals surface area contributed by atoms with Crippen LogP contribution in [0.2, 0.25) is 0 Å². The molecular weight excluding hydrogens is 251 g/mol. The van der Waals surface area contributed by atoms with E-state index in [9.17, 15) is 9.18 Å². The lowest BCUT2D eigenvalue weighted by molar-refractivity contribution is -0.119. The van der Waals surface area contributed by atoms with Crippen LogP contribution in [0.1, 0.15) is 25.6 Å². The molecule has 1 amide bonds. The van der Waals surface area contributed by atoms with Crippen LogP contribution in [0.4, 0.5) is 4.39 Å². The van der Waals surface area contributed by atoms with Gasteiger partial charge in [0.1, 0.15) is 5.82 Å². The van der Waals surface area contributed by atoms with E-state index >= 15 is 0 Å². The maximum absolute atomic E-state index is 13.3.